The number of methoxy groups -OCH3 is 1. The molecule has 0 aliphatic rings. The van der Waals surface area contributed by atoms with Crippen LogP contribution in [-0.2, 0) is 14.3 Å². The monoisotopic (exact) mass is 553 g/mol. The summed E-state index contributed by atoms with van der Waals surface area (Å²) in [6.45, 7) is 15.6. The Kier molecular flexibility index (Phi) is 12.0. The van der Waals surface area contributed by atoms with Crippen LogP contribution in [0.2, 0.25) is 0 Å². The second-order valence-electron chi connectivity index (χ2n) is 11.7. The number of carbonyl (C=O) groups excluding carboxylic acids is 3. The summed E-state index contributed by atoms with van der Waals surface area (Å²) in [5.74, 6) is 0.142. The Morgan fingerprint density at radius 3 is 2.17 bits per heavy atom. The molecule has 0 fully saturated rings. The third kappa shape index (κ3) is 9.88. The zero-order valence-electron chi connectivity index (χ0n) is 25.6. The van der Waals surface area contributed by atoms with Crippen molar-refractivity contribution in [2.45, 2.75) is 92.3 Å². The standard InChI is InChI=1S/C32H47N3O5/c1-10-11-18-35(30(37)27(19-21(2)3)34-31(38)40-32(6,7)8)28(26-17-12-22(4)20-23(26)5)29(36)33-24-13-15-25(39-9)16-14-24/h12-17,20-21,27-28H,10-11,18-19H2,1-9H3,(H,33,36)(H,34,38). The second kappa shape index (κ2) is 14.7. The van der Waals surface area contributed by atoms with Gasteiger partial charge in [0, 0.05) is 12.2 Å². The maximum Gasteiger partial charge on any atom is 0.408 e. The highest BCUT2D eigenvalue weighted by Crippen LogP contribution is 2.29. The molecule has 2 aromatic carbocycles. The van der Waals surface area contributed by atoms with E-state index in [-0.39, 0.29) is 17.7 Å². The van der Waals surface area contributed by atoms with Crippen LogP contribution in [0.1, 0.15) is 83.5 Å². The lowest BCUT2D eigenvalue weighted by Gasteiger charge is -2.35. The summed E-state index contributed by atoms with van der Waals surface area (Å²) in [7, 11) is 1.58. The lowest BCUT2D eigenvalue weighted by molar-refractivity contribution is -0.141. The van der Waals surface area contributed by atoms with Crippen molar-refractivity contribution >= 4 is 23.6 Å². The maximum atomic E-state index is 14.3. The number of hydrogen-bond donors (Lipinski definition) is 2. The highest BCUT2D eigenvalue weighted by Gasteiger charge is 2.37. The SMILES string of the molecule is CCCCN(C(=O)C(CC(C)C)NC(=O)OC(C)(C)C)C(C(=O)Nc1ccc(OC)cc1)c1ccc(C)cc1C. The van der Waals surface area contributed by atoms with Crippen molar-refractivity contribution in [1.82, 2.24) is 10.2 Å². The van der Waals surface area contributed by atoms with E-state index in [4.69, 9.17) is 9.47 Å². The zero-order valence-corrected chi connectivity index (χ0v) is 25.6. The molecule has 0 saturated heterocycles. The first-order chi connectivity index (χ1) is 18.7. The molecule has 40 heavy (non-hydrogen) atoms. The Morgan fingerprint density at radius 1 is 1.00 bits per heavy atom. The average Bonchev–Trinajstić information content (AvgIpc) is 2.85. The van der Waals surface area contributed by atoms with Crippen LogP contribution in [-0.4, -0.2) is 48.1 Å². The van der Waals surface area contributed by atoms with E-state index in [1.807, 2.05) is 52.8 Å². The van der Waals surface area contributed by atoms with Crippen LogP contribution in [0.3, 0.4) is 0 Å². The predicted molar refractivity (Wildman–Crippen MR) is 160 cm³/mol. The van der Waals surface area contributed by atoms with Gasteiger partial charge in [-0.2, -0.15) is 0 Å². The number of rotatable bonds is 12. The lowest BCUT2D eigenvalue weighted by Crippen LogP contribution is -2.53. The molecule has 2 rings (SSSR count). The van der Waals surface area contributed by atoms with Crippen LogP contribution in [0.15, 0.2) is 42.5 Å². The van der Waals surface area contributed by atoms with Crippen LogP contribution in [0, 0.1) is 19.8 Å². The van der Waals surface area contributed by atoms with Gasteiger partial charge in [-0.25, -0.2) is 4.79 Å². The summed E-state index contributed by atoms with van der Waals surface area (Å²) in [5, 5.41) is 5.79. The molecule has 8 heteroatoms. The van der Waals surface area contributed by atoms with Gasteiger partial charge in [-0.05, 0) is 88.8 Å². The van der Waals surface area contributed by atoms with Crippen molar-refractivity contribution in [3.05, 3.63) is 59.2 Å². The number of aryl methyl sites for hydroxylation is 2. The van der Waals surface area contributed by atoms with E-state index in [1.54, 1.807) is 57.0 Å². The van der Waals surface area contributed by atoms with Crippen molar-refractivity contribution in [3.63, 3.8) is 0 Å². The number of anilines is 1. The Labute approximate surface area is 239 Å². The van der Waals surface area contributed by atoms with Gasteiger partial charge in [0.25, 0.3) is 5.91 Å². The van der Waals surface area contributed by atoms with Crippen molar-refractivity contribution < 1.29 is 23.9 Å². The summed E-state index contributed by atoms with van der Waals surface area (Å²) in [6.07, 6.45) is 1.27. The third-order valence-electron chi connectivity index (χ3n) is 6.37. The molecule has 220 valence electrons. The molecule has 0 spiro atoms. The van der Waals surface area contributed by atoms with E-state index in [1.165, 1.54) is 0 Å². The number of carbonyl (C=O) groups is 3. The molecule has 0 aliphatic carbocycles. The van der Waals surface area contributed by atoms with Gasteiger partial charge >= 0.3 is 6.09 Å². The number of amides is 3. The molecular weight excluding hydrogens is 506 g/mol. The predicted octanol–water partition coefficient (Wildman–Crippen LogP) is 6.56. The van der Waals surface area contributed by atoms with E-state index in [0.29, 0.717) is 30.8 Å². The van der Waals surface area contributed by atoms with Crippen LogP contribution in [0.5, 0.6) is 5.75 Å². The van der Waals surface area contributed by atoms with Gasteiger partial charge < -0.3 is 25.0 Å². The fourth-order valence-electron chi connectivity index (χ4n) is 4.51. The Morgan fingerprint density at radius 2 is 1.65 bits per heavy atom. The fraction of sp³-hybridized carbons (Fsp3) is 0.531. The molecule has 0 saturated carbocycles. The lowest BCUT2D eigenvalue weighted by atomic mass is 9.95. The van der Waals surface area contributed by atoms with E-state index in [2.05, 4.69) is 10.6 Å². The Hall–Kier alpha value is -3.55. The van der Waals surface area contributed by atoms with E-state index in [0.717, 1.165) is 23.1 Å². The normalized spacial score (nSPS) is 12.8. The number of nitrogens with one attached hydrogen (secondary N) is 2. The summed E-state index contributed by atoms with van der Waals surface area (Å²) in [4.78, 5) is 42.7. The van der Waals surface area contributed by atoms with Gasteiger partial charge in [0.05, 0.1) is 7.11 Å². The molecule has 3 amide bonds. The van der Waals surface area contributed by atoms with E-state index in [9.17, 15) is 14.4 Å². The number of nitrogens with zero attached hydrogens (tertiary/aromatic N) is 1. The average molecular weight is 554 g/mol. The summed E-state index contributed by atoms with van der Waals surface area (Å²) >= 11 is 0. The van der Waals surface area contributed by atoms with Gasteiger partial charge in [-0.1, -0.05) is 51.0 Å². The van der Waals surface area contributed by atoms with Crippen LogP contribution >= 0.6 is 0 Å². The summed E-state index contributed by atoms with van der Waals surface area (Å²) in [5.41, 5.74) is 2.59. The van der Waals surface area contributed by atoms with Crippen molar-refractivity contribution in [3.8, 4) is 5.75 Å². The maximum absolute atomic E-state index is 14.3. The molecule has 2 N–H and O–H groups in total. The molecular formula is C32H47N3O5. The van der Waals surface area contributed by atoms with E-state index >= 15 is 0 Å². The smallest absolute Gasteiger partial charge is 0.408 e. The number of hydrogen-bond acceptors (Lipinski definition) is 5. The van der Waals surface area contributed by atoms with Gasteiger partial charge in [0.2, 0.25) is 5.91 Å². The molecule has 0 bridgehead atoms. The van der Waals surface area contributed by atoms with E-state index < -0.39 is 23.8 Å². The number of unbranched alkanes of at least 4 members (excludes halogenated alkanes) is 1. The van der Waals surface area contributed by atoms with Gasteiger partial charge in [-0.3, -0.25) is 9.59 Å². The molecule has 0 heterocycles. The zero-order chi connectivity index (χ0) is 30.0. The minimum Gasteiger partial charge on any atom is -0.497 e. The topological polar surface area (TPSA) is 97.0 Å². The van der Waals surface area contributed by atoms with Crippen LogP contribution in [0.4, 0.5) is 10.5 Å². The van der Waals surface area contributed by atoms with Crippen LogP contribution in [0.25, 0.3) is 0 Å². The van der Waals surface area contributed by atoms with Crippen molar-refractivity contribution in [2.75, 3.05) is 19.0 Å². The first-order valence-corrected chi connectivity index (χ1v) is 14.1. The first kappa shape index (κ1) is 32.7. The number of benzene rings is 2. The highest BCUT2D eigenvalue weighted by atomic mass is 16.6. The van der Waals surface area contributed by atoms with Crippen LogP contribution < -0.4 is 15.4 Å². The fourth-order valence-corrected chi connectivity index (χ4v) is 4.51. The number of alkyl carbamates (subject to hydrolysis) is 1. The quantitative estimate of drug-likeness (QED) is 0.310. The summed E-state index contributed by atoms with van der Waals surface area (Å²) in [6, 6.07) is 11.2. The molecule has 2 atom stereocenters. The molecule has 0 radical (unpaired) electrons. The summed E-state index contributed by atoms with van der Waals surface area (Å²) < 4.78 is 10.7. The molecule has 2 aromatic rings. The highest BCUT2D eigenvalue weighted by molar-refractivity contribution is 5.99. The van der Waals surface area contributed by atoms with Gasteiger partial charge in [-0.15, -0.1) is 0 Å². The van der Waals surface area contributed by atoms with Crippen molar-refractivity contribution in [2.24, 2.45) is 5.92 Å². The largest absolute Gasteiger partial charge is 0.497 e. The third-order valence-corrected chi connectivity index (χ3v) is 6.37. The minimum absolute atomic E-state index is 0.115. The van der Waals surface area contributed by atoms with Gasteiger partial charge in [0.15, 0.2) is 0 Å². The van der Waals surface area contributed by atoms with Gasteiger partial charge in [0.1, 0.15) is 23.4 Å². The number of ether oxygens (including phenoxy) is 2. The molecule has 2 unspecified atom stereocenters. The minimum atomic E-state index is -0.906. The Bertz CT molecular complexity index is 1140. The molecule has 8 nitrogen and oxygen atoms in total. The molecule has 0 aromatic heterocycles. The first-order valence-electron chi connectivity index (χ1n) is 14.1. The second-order valence-corrected chi connectivity index (χ2v) is 11.7. The Balaban J connectivity index is 2.56. The molecule has 0 aliphatic heterocycles. The van der Waals surface area contributed by atoms with Crippen molar-refractivity contribution in [1.29, 1.82) is 0 Å².